The molecule has 0 aromatic heterocycles. The predicted molar refractivity (Wildman–Crippen MR) is 87.5 cm³/mol. The fourth-order valence-electron chi connectivity index (χ4n) is 4.38. The summed E-state index contributed by atoms with van der Waals surface area (Å²) < 4.78 is 20.2. The summed E-state index contributed by atoms with van der Waals surface area (Å²) in [6.45, 7) is 0.655. The van der Waals surface area contributed by atoms with Crippen LogP contribution in [0.5, 0.6) is 0 Å². The number of hydrogen-bond donors (Lipinski definition) is 1. The molecular formula is C16H18FN3O2S. The van der Waals surface area contributed by atoms with Crippen molar-refractivity contribution < 1.29 is 13.9 Å². The van der Waals surface area contributed by atoms with Crippen LogP contribution in [0.25, 0.3) is 0 Å². The summed E-state index contributed by atoms with van der Waals surface area (Å²) in [5.74, 6) is 0.831. The molecule has 2 N–H and O–H groups in total. The van der Waals surface area contributed by atoms with Crippen molar-refractivity contribution in [2.24, 2.45) is 5.73 Å². The summed E-state index contributed by atoms with van der Waals surface area (Å²) >= 11 is 2.04. The summed E-state index contributed by atoms with van der Waals surface area (Å²) in [5.41, 5.74) is 6.74. The number of halogens is 1. The van der Waals surface area contributed by atoms with Crippen LogP contribution in [-0.2, 0) is 4.74 Å². The van der Waals surface area contributed by atoms with E-state index in [1.165, 1.54) is 17.4 Å². The topological polar surface area (TPSA) is 58.8 Å². The van der Waals surface area contributed by atoms with Crippen LogP contribution in [0, 0.1) is 5.82 Å². The summed E-state index contributed by atoms with van der Waals surface area (Å²) in [7, 11) is 0. The number of thioether (sulfide) groups is 1. The molecule has 0 radical (unpaired) electrons. The number of rotatable bonds is 3. The number of amides is 1. The van der Waals surface area contributed by atoms with Crippen LogP contribution in [0.15, 0.2) is 18.2 Å². The van der Waals surface area contributed by atoms with Crippen molar-refractivity contribution in [2.45, 2.75) is 35.8 Å². The zero-order valence-electron chi connectivity index (χ0n) is 12.6. The van der Waals surface area contributed by atoms with Gasteiger partial charge in [-0.2, -0.15) is 0 Å². The van der Waals surface area contributed by atoms with E-state index in [-0.39, 0.29) is 18.5 Å². The van der Waals surface area contributed by atoms with Crippen LogP contribution in [-0.4, -0.2) is 47.9 Å². The standard InChI is InChI=1S/C16H18FN3O2S/c17-11-5-9(19-7-10(6-18)22-15(19)21)1-2-12(11)20-13-3-4-16(13)14(20)8-23-16/h1-2,5,10,13-14H,3-4,6-8,18H2/t10-,13?,14?,16?/m0/s1. The van der Waals surface area contributed by atoms with Crippen LogP contribution in [0.4, 0.5) is 20.6 Å². The van der Waals surface area contributed by atoms with Crippen molar-refractivity contribution >= 4 is 29.2 Å². The van der Waals surface area contributed by atoms with E-state index in [1.807, 2.05) is 17.8 Å². The van der Waals surface area contributed by atoms with Crippen LogP contribution in [0.2, 0.25) is 0 Å². The number of carbonyl (C=O) groups is 1. The lowest BCUT2D eigenvalue weighted by molar-refractivity contribution is 0.123. The molecule has 0 bridgehead atoms. The highest BCUT2D eigenvalue weighted by atomic mass is 32.2. The number of carbonyl (C=O) groups excluding carboxylic acids is 1. The number of nitrogens with two attached hydrogens (primary N) is 1. The highest BCUT2D eigenvalue weighted by molar-refractivity contribution is 8.02. The van der Waals surface area contributed by atoms with Gasteiger partial charge in [-0.1, -0.05) is 0 Å². The Kier molecular flexibility index (Phi) is 2.75. The second-order valence-electron chi connectivity index (χ2n) is 6.73. The maximum atomic E-state index is 14.7. The zero-order chi connectivity index (χ0) is 15.8. The molecule has 3 unspecified atom stereocenters. The molecule has 1 spiro atoms. The Morgan fingerprint density at radius 3 is 2.83 bits per heavy atom. The molecule has 1 aromatic rings. The minimum absolute atomic E-state index is 0.260. The molecule has 1 aromatic carbocycles. The molecule has 4 atom stereocenters. The Labute approximate surface area is 137 Å². The average Bonchev–Trinajstić information content (AvgIpc) is 2.85. The van der Waals surface area contributed by atoms with E-state index in [4.69, 9.17) is 10.5 Å². The quantitative estimate of drug-likeness (QED) is 0.915. The van der Waals surface area contributed by atoms with Gasteiger partial charge in [-0.3, -0.25) is 4.90 Å². The highest BCUT2D eigenvalue weighted by Gasteiger charge is 2.71. The first kappa shape index (κ1) is 13.9. The molecule has 23 heavy (non-hydrogen) atoms. The van der Waals surface area contributed by atoms with Gasteiger partial charge in [-0.05, 0) is 31.0 Å². The molecule has 122 valence electrons. The van der Waals surface area contributed by atoms with Crippen LogP contribution in [0.1, 0.15) is 12.8 Å². The third kappa shape index (κ3) is 1.64. The summed E-state index contributed by atoms with van der Waals surface area (Å²) in [5, 5.41) is 0. The number of ether oxygens (including phenoxy) is 1. The van der Waals surface area contributed by atoms with Gasteiger partial charge in [0, 0.05) is 18.3 Å². The smallest absolute Gasteiger partial charge is 0.414 e. The SMILES string of the molecule is NC[C@H]1CN(c2ccc(N3C4CCC45SCC35)c(F)c2)C(=O)O1. The fourth-order valence-corrected chi connectivity index (χ4v) is 6.08. The van der Waals surface area contributed by atoms with Crippen molar-refractivity contribution in [3.05, 3.63) is 24.0 Å². The molecule has 3 saturated heterocycles. The molecule has 4 aliphatic rings. The highest BCUT2D eigenvalue weighted by Crippen LogP contribution is 2.67. The molecule has 1 aliphatic carbocycles. The Bertz CT molecular complexity index is 682. The van der Waals surface area contributed by atoms with Crippen molar-refractivity contribution in [3.63, 3.8) is 0 Å². The Morgan fingerprint density at radius 2 is 2.30 bits per heavy atom. The lowest BCUT2D eigenvalue weighted by Gasteiger charge is -2.76. The van der Waals surface area contributed by atoms with Crippen LogP contribution in [0.3, 0.4) is 0 Å². The molecule has 5 rings (SSSR count). The van der Waals surface area contributed by atoms with Crippen LogP contribution >= 0.6 is 11.8 Å². The van der Waals surface area contributed by atoms with Crippen molar-refractivity contribution in [1.82, 2.24) is 0 Å². The van der Waals surface area contributed by atoms with Gasteiger partial charge in [0.15, 0.2) is 0 Å². The fraction of sp³-hybridized carbons (Fsp3) is 0.562. The van der Waals surface area contributed by atoms with Gasteiger partial charge in [0.1, 0.15) is 11.9 Å². The number of nitrogens with zero attached hydrogens (tertiary/aromatic N) is 2. The van der Waals surface area contributed by atoms with E-state index < -0.39 is 6.09 Å². The van der Waals surface area contributed by atoms with E-state index in [9.17, 15) is 9.18 Å². The lowest BCUT2D eigenvalue weighted by Crippen LogP contribution is -2.86. The Hall–Kier alpha value is -1.47. The normalized spacial score (nSPS) is 37.3. The average molecular weight is 335 g/mol. The molecule has 4 fully saturated rings. The molecule has 3 heterocycles. The minimum atomic E-state index is -0.454. The Morgan fingerprint density at radius 1 is 1.43 bits per heavy atom. The van der Waals surface area contributed by atoms with Gasteiger partial charge in [-0.15, -0.1) is 11.8 Å². The second kappa shape index (κ2) is 4.54. The largest absolute Gasteiger partial charge is 0.443 e. The number of anilines is 2. The van der Waals surface area contributed by atoms with E-state index in [1.54, 1.807) is 6.07 Å². The lowest BCUT2D eigenvalue weighted by atomic mass is 9.63. The molecule has 1 saturated carbocycles. The van der Waals surface area contributed by atoms with Gasteiger partial charge in [0.2, 0.25) is 0 Å². The minimum Gasteiger partial charge on any atom is -0.443 e. The van der Waals surface area contributed by atoms with Crippen molar-refractivity contribution in [3.8, 4) is 0 Å². The van der Waals surface area contributed by atoms with Gasteiger partial charge >= 0.3 is 6.09 Å². The number of hydrogen-bond acceptors (Lipinski definition) is 5. The third-order valence-corrected chi connectivity index (χ3v) is 7.54. The third-order valence-electron chi connectivity index (χ3n) is 5.78. The van der Waals surface area contributed by atoms with Crippen LogP contribution < -0.4 is 15.5 Å². The number of cyclic esters (lactones) is 1. The maximum absolute atomic E-state index is 14.7. The van der Waals surface area contributed by atoms with E-state index in [2.05, 4.69) is 4.90 Å². The van der Waals surface area contributed by atoms with E-state index in [0.29, 0.717) is 34.8 Å². The second-order valence-corrected chi connectivity index (χ2v) is 8.11. The van der Waals surface area contributed by atoms with E-state index in [0.717, 1.165) is 12.2 Å². The zero-order valence-corrected chi connectivity index (χ0v) is 13.4. The van der Waals surface area contributed by atoms with Crippen molar-refractivity contribution in [1.29, 1.82) is 0 Å². The van der Waals surface area contributed by atoms with Crippen molar-refractivity contribution in [2.75, 3.05) is 28.6 Å². The van der Waals surface area contributed by atoms with Gasteiger partial charge in [0.05, 0.1) is 28.7 Å². The number of piperidine rings is 1. The molecule has 3 aliphatic heterocycles. The maximum Gasteiger partial charge on any atom is 0.414 e. The first-order valence-corrected chi connectivity index (χ1v) is 9.02. The molecule has 5 nitrogen and oxygen atoms in total. The first-order valence-electron chi connectivity index (χ1n) is 8.04. The Balaban J connectivity index is 1.40. The summed E-state index contributed by atoms with van der Waals surface area (Å²) in [6, 6.07) is 6.04. The summed E-state index contributed by atoms with van der Waals surface area (Å²) in [4.78, 5) is 15.6. The van der Waals surface area contributed by atoms with Gasteiger partial charge in [-0.25, -0.2) is 9.18 Å². The molecule has 1 amide bonds. The predicted octanol–water partition coefficient (Wildman–Crippen LogP) is 1.95. The van der Waals surface area contributed by atoms with Gasteiger partial charge in [0.25, 0.3) is 0 Å². The summed E-state index contributed by atoms with van der Waals surface area (Å²) in [6.07, 6.45) is 1.65. The first-order chi connectivity index (χ1) is 11.1. The van der Waals surface area contributed by atoms with E-state index >= 15 is 0 Å². The monoisotopic (exact) mass is 335 g/mol. The molecular weight excluding hydrogens is 317 g/mol. The molecule has 7 heteroatoms. The van der Waals surface area contributed by atoms with Gasteiger partial charge < -0.3 is 15.4 Å². The number of benzene rings is 1.